The molecule has 6 heteroatoms. The van der Waals surface area contributed by atoms with Crippen molar-refractivity contribution >= 4 is 15.7 Å². The van der Waals surface area contributed by atoms with Crippen molar-refractivity contribution in [3.8, 4) is 5.75 Å². The first-order chi connectivity index (χ1) is 11.4. The van der Waals surface area contributed by atoms with Crippen molar-refractivity contribution in [1.29, 1.82) is 0 Å². The summed E-state index contributed by atoms with van der Waals surface area (Å²) in [6, 6.07) is 13.6. The molecule has 3 rings (SSSR count). The number of rotatable bonds is 4. The molecule has 0 spiro atoms. The number of carbonyl (C=O) groups excluding carboxylic acids is 1. The third-order valence-electron chi connectivity index (χ3n) is 4.26. The normalized spacial score (nSPS) is 15.0. The maximum Gasteiger partial charge on any atom is 0.253 e. The average Bonchev–Trinajstić information content (AvgIpc) is 2.54. The average molecular weight is 345 g/mol. The third kappa shape index (κ3) is 3.01. The molecule has 0 unspecified atom stereocenters. The van der Waals surface area contributed by atoms with Crippen LogP contribution in [0, 0.1) is 6.92 Å². The van der Waals surface area contributed by atoms with Crippen molar-refractivity contribution in [2.75, 3.05) is 20.2 Å². The molecule has 2 aromatic carbocycles. The van der Waals surface area contributed by atoms with Crippen LogP contribution in [0.5, 0.6) is 5.75 Å². The molecular weight excluding hydrogens is 326 g/mol. The molecule has 126 valence electrons. The van der Waals surface area contributed by atoms with Gasteiger partial charge in [0, 0.05) is 18.7 Å². The number of sulfone groups is 1. The highest BCUT2D eigenvalue weighted by Crippen LogP contribution is 2.26. The highest BCUT2D eigenvalue weighted by Gasteiger charge is 2.40. The molecule has 0 saturated carbocycles. The first-order valence-electron chi connectivity index (χ1n) is 7.65. The quantitative estimate of drug-likeness (QED) is 0.853. The summed E-state index contributed by atoms with van der Waals surface area (Å²) in [5, 5.41) is -0.555. The number of aryl methyl sites for hydroxylation is 1. The molecule has 0 atom stereocenters. The fraction of sp³-hybridized carbons (Fsp3) is 0.278. The second-order valence-corrected chi connectivity index (χ2v) is 8.15. The molecule has 1 aliphatic rings. The van der Waals surface area contributed by atoms with E-state index in [1.807, 2.05) is 19.1 Å². The van der Waals surface area contributed by atoms with Crippen molar-refractivity contribution < 1.29 is 17.9 Å². The van der Waals surface area contributed by atoms with Gasteiger partial charge in [-0.1, -0.05) is 17.7 Å². The SMILES string of the molecule is COc1ccc(S(=O)(=O)C2CN(C(=O)c3ccc(C)cc3)C2)cc1. The molecule has 0 aromatic heterocycles. The zero-order valence-electron chi connectivity index (χ0n) is 13.6. The molecule has 24 heavy (non-hydrogen) atoms. The lowest BCUT2D eigenvalue weighted by Gasteiger charge is -2.38. The van der Waals surface area contributed by atoms with E-state index in [0.717, 1.165) is 5.56 Å². The lowest BCUT2D eigenvalue weighted by Crippen LogP contribution is -2.56. The maximum absolute atomic E-state index is 12.6. The number of amides is 1. The number of carbonyl (C=O) groups is 1. The van der Waals surface area contributed by atoms with Gasteiger partial charge in [0.2, 0.25) is 0 Å². The van der Waals surface area contributed by atoms with Gasteiger partial charge >= 0.3 is 0 Å². The Balaban J connectivity index is 1.68. The van der Waals surface area contributed by atoms with Gasteiger partial charge in [0.15, 0.2) is 9.84 Å². The summed E-state index contributed by atoms with van der Waals surface area (Å²) in [5.74, 6) is 0.481. The van der Waals surface area contributed by atoms with Gasteiger partial charge in [0.1, 0.15) is 11.0 Å². The molecular formula is C18H19NO4S. The zero-order valence-corrected chi connectivity index (χ0v) is 14.4. The lowest BCUT2D eigenvalue weighted by molar-refractivity contribution is 0.0659. The van der Waals surface area contributed by atoms with Crippen LogP contribution in [0.1, 0.15) is 15.9 Å². The number of nitrogens with zero attached hydrogens (tertiary/aromatic N) is 1. The van der Waals surface area contributed by atoms with Crippen molar-refractivity contribution in [2.45, 2.75) is 17.1 Å². The van der Waals surface area contributed by atoms with Gasteiger partial charge in [-0.3, -0.25) is 4.79 Å². The number of likely N-dealkylation sites (tertiary alicyclic amines) is 1. The Kier molecular flexibility index (Phi) is 4.32. The molecule has 0 bridgehead atoms. The zero-order chi connectivity index (χ0) is 17.3. The fourth-order valence-electron chi connectivity index (χ4n) is 2.64. The summed E-state index contributed by atoms with van der Waals surface area (Å²) < 4.78 is 30.2. The van der Waals surface area contributed by atoms with Crippen LogP contribution >= 0.6 is 0 Å². The molecule has 5 nitrogen and oxygen atoms in total. The summed E-state index contributed by atoms with van der Waals surface area (Å²) in [6.45, 7) is 2.40. The van der Waals surface area contributed by atoms with E-state index in [1.54, 1.807) is 41.3 Å². The Hall–Kier alpha value is -2.34. The van der Waals surface area contributed by atoms with Crippen LogP contribution in [0.2, 0.25) is 0 Å². The molecule has 1 amide bonds. The fourth-order valence-corrected chi connectivity index (χ4v) is 4.29. The van der Waals surface area contributed by atoms with Crippen LogP contribution in [0.3, 0.4) is 0 Å². The molecule has 0 radical (unpaired) electrons. The van der Waals surface area contributed by atoms with E-state index in [0.29, 0.717) is 11.3 Å². The molecule has 1 heterocycles. The van der Waals surface area contributed by atoms with Crippen LogP contribution < -0.4 is 4.74 Å². The van der Waals surface area contributed by atoms with Gasteiger partial charge in [-0.25, -0.2) is 8.42 Å². The smallest absolute Gasteiger partial charge is 0.253 e. The van der Waals surface area contributed by atoms with E-state index in [1.165, 1.54) is 7.11 Å². The Morgan fingerprint density at radius 2 is 1.62 bits per heavy atom. The van der Waals surface area contributed by atoms with E-state index in [2.05, 4.69) is 0 Å². The van der Waals surface area contributed by atoms with Crippen molar-refractivity contribution in [3.05, 3.63) is 59.7 Å². The number of methoxy groups -OCH3 is 1. The summed E-state index contributed by atoms with van der Waals surface area (Å²) in [6.07, 6.45) is 0. The van der Waals surface area contributed by atoms with Gasteiger partial charge in [-0.05, 0) is 43.3 Å². The summed E-state index contributed by atoms with van der Waals surface area (Å²) in [4.78, 5) is 14.2. The Morgan fingerprint density at radius 1 is 1.04 bits per heavy atom. The second-order valence-electron chi connectivity index (χ2n) is 5.92. The first kappa shape index (κ1) is 16.5. The van der Waals surface area contributed by atoms with Crippen LogP contribution in [-0.2, 0) is 9.84 Å². The van der Waals surface area contributed by atoms with Crippen molar-refractivity contribution in [2.24, 2.45) is 0 Å². The first-order valence-corrected chi connectivity index (χ1v) is 9.20. The molecule has 1 fully saturated rings. The van der Waals surface area contributed by atoms with E-state index in [-0.39, 0.29) is 23.9 Å². The van der Waals surface area contributed by atoms with Gasteiger partial charge in [0.25, 0.3) is 5.91 Å². The number of hydrogen-bond acceptors (Lipinski definition) is 4. The Bertz CT molecular complexity index is 836. The Morgan fingerprint density at radius 3 is 2.17 bits per heavy atom. The van der Waals surface area contributed by atoms with E-state index in [9.17, 15) is 13.2 Å². The largest absolute Gasteiger partial charge is 0.497 e. The molecule has 1 saturated heterocycles. The summed E-state index contributed by atoms with van der Waals surface area (Å²) >= 11 is 0. The third-order valence-corrected chi connectivity index (χ3v) is 6.37. The van der Waals surface area contributed by atoms with Crippen LogP contribution in [0.4, 0.5) is 0 Å². The molecule has 0 aliphatic carbocycles. The van der Waals surface area contributed by atoms with E-state index in [4.69, 9.17) is 4.74 Å². The predicted octanol–water partition coefficient (Wildman–Crippen LogP) is 2.30. The predicted molar refractivity (Wildman–Crippen MR) is 91.1 cm³/mol. The maximum atomic E-state index is 12.6. The number of hydrogen-bond donors (Lipinski definition) is 0. The highest BCUT2D eigenvalue weighted by atomic mass is 32.2. The van der Waals surface area contributed by atoms with Crippen LogP contribution in [0.15, 0.2) is 53.4 Å². The van der Waals surface area contributed by atoms with Gasteiger partial charge < -0.3 is 9.64 Å². The monoisotopic (exact) mass is 345 g/mol. The summed E-state index contributed by atoms with van der Waals surface area (Å²) in [5.41, 5.74) is 1.66. The van der Waals surface area contributed by atoms with E-state index >= 15 is 0 Å². The highest BCUT2D eigenvalue weighted by molar-refractivity contribution is 7.92. The Labute approximate surface area is 141 Å². The number of benzene rings is 2. The van der Waals surface area contributed by atoms with Gasteiger partial charge in [-0.2, -0.15) is 0 Å². The van der Waals surface area contributed by atoms with E-state index < -0.39 is 15.1 Å². The van der Waals surface area contributed by atoms with Crippen LogP contribution in [0.25, 0.3) is 0 Å². The summed E-state index contributed by atoms with van der Waals surface area (Å²) in [7, 11) is -1.90. The topological polar surface area (TPSA) is 63.7 Å². The lowest BCUT2D eigenvalue weighted by atomic mass is 10.1. The van der Waals surface area contributed by atoms with Crippen LogP contribution in [-0.4, -0.2) is 44.7 Å². The van der Waals surface area contributed by atoms with Crippen molar-refractivity contribution in [3.63, 3.8) is 0 Å². The van der Waals surface area contributed by atoms with Gasteiger partial charge in [-0.15, -0.1) is 0 Å². The molecule has 2 aromatic rings. The number of ether oxygens (including phenoxy) is 1. The minimum atomic E-state index is -3.43. The molecule has 1 aliphatic heterocycles. The second kappa shape index (κ2) is 6.28. The van der Waals surface area contributed by atoms with Crippen molar-refractivity contribution in [1.82, 2.24) is 4.90 Å². The minimum Gasteiger partial charge on any atom is -0.497 e. The van der Waals surface area contributed by atoms with Gasteiger partial charge in [0.05, 0.1) is 12.0 Å². The standard InChI is InChI=1S/C18H19NO4S/c1-13-3-5-14(6-4-13)18(20)19-11-17(12-19)24(21,22)16-9-7-15(23-2)8-10-16/h3-10,17H,11-12H2,1-2H3. The molecule has 0 N–H and O–H groups in total. The minimum absolute atomic E-state index is 0.129.